The lowest BCUT2D eigenvalue weighted by molar-refractivity contribution is 0.00966. The third-order valence-electron chi connectivity index (χ3n) is 3.08. The largest absolute Gasteiger partial charge is 0.384 e. The summed E-state index contributed by atoms with van der Waals surface area (Å²) in [7, 11) is 1.65. The molecule has 0 aromatic heterocycles. The van der Waals surface area contributed by atoms with Crippen molar-refractivity contribution in [1.82, 2.24) is 4.90 Å². The molecule has 0 bridgehead atoms. The van der Waals surface area contributed by atoms with Crippen LogP contribution in [0.1, 0.15) is 18.9 Å². The zero-order chi connectivity index (χ0) is 14.1. The predicted octanol–water partition coefficient (Wildman–Crippen LogP) is 1.76. The zero-order valence-corrected chi connectivity index (χ0v) is 11.7. The molecule has 1 atom stereocenters. The summed E-state index contributed by atoms with van der Waals surface area (Å²) in [6, 6.07) is 11.7. The van der Waals surface area contributed by atoms with Gasteiger partial charge in [-0.25, -0.2) is 0 Å². The molecule has 1 unspecified atom stereocenters. The second-order valence-corrected chi connectivity index (χ2v) is 4.82. The molecule has 0 aliphatic carbocycles. The smallest absolute Gasteiger partial charge is 0.0994 e. The van der Waals surface area contributed by atoms with Gasteiger partial charge in [0.15, 0.2) is 0 Å². The number of aliphatic hydroxyl groups is 1. The van der Waals surface area contributed by atoms with Gasteiger partial charge in [-0.05, 0) is 12.5 Å². The third-order valence-corrected chi connectivity index (χ3v) is 3.08. The molecule has 0 heterocycles. The van der Waals surface area contributed by atoms with Gasteiger partial charge in [0.25, 0.3) is 0 Å². The van der Waals surface area contributed by atoms with Crippen LogP contribution < -0.4 is 0 Å². The van der Waals surface area contributed by atoms with E-state index in [1.807, 2.05) is 30.3 Å². The van der Waals surface area contributed by atoms with Gasteiger partial charge in [0.2, 0.25) is 0 Å². The van der Waals surface area contributed by atoms with Crippen molar-refractivity contribution in [3.8, 4) is 6.07 Å². The molecule has 0 saturated carbocycles. The lowest BCUT2D eigenvalue weighted by atomic mass is 9.95. The first-order valence-corrected chi connectivity index (χ1v) is 6.46. The van der Waals surface area contributed by atoms with Crippen molar-refractivity contribution in [2.45, 2.75) is 18.9 Å². The Morgan fingerprint density at radius 1 is 1.32 bits per heavy atom. The van der Waals surface area contributed by atoms with Gasteiger partial charge in [-0.15, -0.1) is 0 Å². The van der Waals surface area contributed by atoms with Gasteiger partial charge in [-0.3, -0.25) is 4.90 Å². The van der Waals surface area contributed by atoms with E-state index in [1.165, 1.54) is 0 Å². The van der Waals surface area contributed by atoms with Crippen molar-refractivity contribution in [3.63, 3.8) is 0 Å². The van der Waals surface area contributed by atoms with E-state index in [0.29, 0.717) is 32.7 Å². The van der Waals surface area contributed by atoms with Gasteiger partial charge in [-0.1, -0.05) is 30.3 Å². The summed E-state index contributed by atoms with van der Waals surface area (Å²) < 4.78 is 5.07. The Morgan fingerprint density at radius 3 is 2.58 bits per heavy atom. The molecule has 1 N–H and O–H groups in total. The first-order chi connectivity index (χ1) is 9.10. The maximum atomic E-state index is 10.6. The monoisotopic (exact) mass is 262 g/mol. The molecule has 0 fully saturated rings. The van der Waals surface area contributed by atoms with Crippen molar-refractivity contribution in [2.75, 3.05) is 33.4 Å². The van der Waals surface area contributed by atoms with Gasteiger partial charge < -0.3 is 9.84 Å². The Morgan fingerprint density at radius 2 is 2.00 bits per heavy atom. The summed E-state index contributed by atoms with van der Waals surface area (Å²) in [5.41, 5.74) is -0.0425. The lowest BCUT2D eigenvalue weighted by Crippen LogP contribution is -2.40. The minimum absolute atomic E-state index is 0.453. The Labute approximate surface area is 115 Å². The number of rotatable bonds is 8. The summed E-state index contributed by atoms with van der Waals surface area (Å²) in [5, 5.41) is 19.3. The molecule has 104 valence electrons. The number of methoxy groups -OCH3 is 1. The maximum Gasteiger partial charge on any atom is 0.0994 e. The van der Waals surface area contributed by atoms with Crippen molar-refractivity contribution in [1.29, 1.82) is 5.26 Å². The van der Waals surface area contributed by atoms with Crippen LogP contribution in [0.2, 0.25) is 0 Å². The average molecular weight is 262 g/mol. The molecule has 0 radical (unpaired) electrons. The number of nitrogens with zero attached hydrogens (tertiary/aromatic N) is 2. The van der Waals surface area contributed by atoms with Crippen LogP contribution in [0, 0.1) is 11.3 Å². The van der Waals surface area contributed by atoms with E-state index < -0.39 is 5.60 Å². The summed E-state index contributed by atoms with van der Waals surface area (Å²) in [5.74, 6) is 0. The minimum atomic E-state index is -0.926. The number of nitriles is 1. The highest BCUT2D eigenvalue weighted by molar-refractivity contribution is 5.21. The van der Waals surface area contributed by atoms with E-state index >= 15 is 0 Å². The fourth-order valence-electron chi connectivity index (χ4n) is 2.02. The Bertz CT molecular complexity index is 398. The highest BCUT2D eigenvalue weighted by Crippen LogP contribution is 2.21. The van der Waals surface area contributed by atoms with E-state index in [-0.39, 0.29) is 0 Å². The Kier molecular flexibility index (Phi) is 6.51. The number of hydrogen-bond acceptors (Lipinski definition) is 4. The van der Waals surface area contributed by atoms with E-state index in [9.17, 15) is 5.11 Å². The predicted molar refractivity (Wildman–Crippen MR) is 74.6 cm³/mol. The third kappa shape index (κ3) is 5.39. The van der Waals surface area contributed by atoms with Crippen LogP contribution in [0.5, 0.6) is 0 Å². The molecule has 0 amide bonds. The maximum absolute atomic E-state index is 10.6. The van der Waals surface area contributed by atoms with Crippen LogP contribution in [0.25, 0.3) is 0 Å². The number of hydrogen-bond donors (Lipinski definition) is 1. The van der Waals surface area contributed by atoms with Crippen LogP contribution in [-0.2, 0) is 10.3 Å². The van der Waals surface area contributed by atoms with Crippen LogP contribution >= 0.6 is 0 Å². The molecule has 1 aromatic rings. The van der Waals surface area contributed by atoms with Crippen molar-refractivity contribution in [3.05, 3.63) is 35.9 Å². The van der Waals surface area contributed by atoms with Gasteiger partial charge in [0.05, 0.1) is 18.3 Å². The second kappa shape index (κ2) is 7.90. The second-order valence-electron chi connectivity index (χ2n) is 4.82. The number of benzene rings is 1. The van der Waals surface area contributed by atoms with Gasteiger partial charge in [0.1, 0.15) is 0 Å². The first-order valence-electron chi connectivity index (χ1n) is 6.46. The van der Waals surface area contributed by atoms with Crippen LogP contribution in [-0.4, -0.2) is 43.4 Å². The standard InChI is InChI=1S/C15H22N2O2/c1-15(18,14-7-4-3-5-8-14)13-17(10-6-9-16)11-12-19-2/h3-5,7-8,18H,6,10-13H2,1-2H3. The van der Waals surface area contributed by atoms with Crippen molar-refractivity contribution < 1.29 is 9.84 Å². The molecular weight excluding hydrogens is 240 g/mol. The van der Waals surface area contributed by atoms with E-state index in [2.05, 4.69) is 11.0 Å². The fraction of sp³-hybridized carbons (Fsp3) is 0.533. The van der Waals surface area contributed by atoms with E-state index in [4.69, 9.17) is 10.00 Å². The van der Waals surface area contributed by atoms with Crippen LogP contribution in [0.4, 0.5) is 0 Å². The van der Waals surface area contributed by atoms with E-state index in [1.54, 1.807) is 14.0 Å². The molecule has 4 heteroatoms. The van der Waals surface area contributed by atoms with E-state index in [0.717, 1.165) is 5.56 Å². The summed E-state index contributed by atoms with van der Waals surface area (Å²) in [4.78, 5) is 2.06. The van der Waals surface area contributed by atoms with Crippen LogP contribution in [0.3, 0.4) is 0 Å². The Hall–Kier alpha value is -1.41. The van der Waals surface area contributed by atoms with Gasteiger partial charge >= 0.3 is 0 Å². The Balaban J connectivity index is 2.68. The molecule has 0 aliphatic heterocycles. The highest BCUT2D eigenvalue weighted by atomic mass is 16.5. The molecule has 0 spiro atoms. The molecule has 4 nitrogen and oxygen atoms in total. The van der Waals surface area contributed by atoms with Crippen LogP contribution in [0.15, 0.2) is 30.3 Å². The van der Waals surface area contributed by atoms with Crippen molar-refractivity contribution in [2.24, 2.45) is 0 Å². The topological polar surface area (TPSA) is 56.5 Å². The molecule has 19 heavy (non-hydrogen) atoms. The van der Waals surface area contributed by atoms with Crippen molar-refractivity contribution >= 4 is 0 Å². The SMILES string of the molecule is COCCN(CCC#N)CC(C)(O)c1ccccc1. The first kappa shape index (κ1) is 15.6. The molecule has 1 aromatic carbocycles. The quantitative estimate of drug-likeness (QED) is 0.775. The lowest BCUT2D eigenvalue weighted by Gasteiger charge is -2.31. The molecular formula is C15H22N2O2. The van der Waals surface area contributed by atoms with Gasteiger partial charge in [-0.2, -0.15) is 5.26 Å². The van der Waals surface area contributed by atoms with Gasteiger partial charge in [0, 0.05) is 33.2 Å². The summed E-state index contributed by atoms with van der Waals surface area (Å²) in [6.45, 7) is 4.23. The summed E-state index contributed by atoms with van der Waals surface area (Å²) in [6.07, 6.45) is 0.453. The molecule has 0 saturated heterocycles. The fourth-order valence-corrected chi connectivity index (χ4v) is 2.02. The number of ether oxygens (including phenoxy) is 1. The minimum Gasteiger partial charge on any atom is -0.384 e. The average Bonchev–Trinajstić information content (AvgIpc) is 2.42. The molecule has 0 aliphatic rings. The molecule has 1 rings (SSSR count). The normalized spacial score (nSPS) is 14.1. The highest BCUT2D eigenvalue weighted by Gasteiger charge is 2.25. The summed E-state index contributed by atoms with van der Waals surface area (Å²) >= 11 is 0. The zero-order valence-electron chi connectivity index (χ0n) is 11.7.